The molecule has 1 heterocycles. The molecule has 1 N–H and O–H groups in total. The van der Waals surface area contributed by atoms with Crippen molar-refractivity contribution < 1.29 is 22.8 Å². The summed E-state index contributed by atoms with van der Waals surface area (Å²) >= 11 is 18.3. The van der Waals surface area contributed by atoms with E-state index in [0.717, 1.165) is 0 Å². The number of ether oxygens (including phenoxy) is 1. The van der Waals surface area contributed by atoms with Gasteiger partial charge in [0, 0.05) is 11.3 Å². The molecule has 0 aliphatic heterocycles. The first kappa shape index (κ1) is 20.4. The number of aromatic nitrogens is 1. The summed E-state index contributed by atoms with van der Waals surface area (Å²) in [5, 5.41) is 7.01. The SMILES string of the molecule is Cc1onc(-c2c(Cl)cccc2Cl)c1C(=O)Nc1ccc(OC(F)F)c(Cl)c1. The van der Waals surface area contributed by atoms with Crippen molar-refractivity contribution >= 4 is 46.4 Å². The molecular formula is C18H11Cl3F2N2O3. The number of nitrogens with zero attached hydrogens (tertiary/aromatic N) is 1. The number of aryl methyl sites for hydroxylation is 1. The molecule has 5 nitrogen and oxygen atoms in total. The molecule has 0 unspecified atom stereocenters. The van der Waals surface area contributed by atoms with Gasteiger partial charge in [0.25, 0.3) is 5.91 Å². The largest absolute Gasteiger partial charge is 0.433 e. The Morgan fingerprint density at radius 1 is 1.14 bits per heavy atom. The fraction of sp³-hybridized carbons (Fsp3) is 0.111. The standard InChI is InChI=1S/C18H11Cl3F2N2O3/c1-8-14(16(25-28-8)15-10(19)3-2-4-11(15)20)17(26)24-9-5-6-13(12(21)7-9)27-18(22)23/h2-7,18H,1H3,(H,24,26). The van der Waals surface area contributed by atoms with Crippen molar-refractivity contribution in [3.8, 4) is 17.0 Å². The average molecular weight is 448 g/mol. The summed E-state index contributed by atoms with van der Waals surface area (Å²) < 4.78 is 34.1. The minimum Gasteiger partial charge on any atom is -0.433 e. The van der Waals surface area contributed by atoms with Crippen molar-refractivity contribution in [1.29, 1.82) is 0 Å². The van der Waals surface area contributed by atoms with Gasteiger partial charge in [-0.05, 0) is 37.3 Å². The van der Waals surface area contributed by atoms with E-state index in [1.807, 2.05) is 0 Å². The summed E-state index contributed by atoms with van der Waals surface area (Å²) in [5.41, 5.74) is 0.911. The highest BCUT2D eigenvalue weighted by Crippen LogP contribution is 2.37. The van der Waals surface area contributed by atoms with E-state index in [9.17, 15) is 13.6 Å². The lowest BCUT2D eigenvalue weighted by Gasteiger charge is -2.10. The molecule has 0 spiro atoms. The number of amides is 1. The van der Waals surface area contributed by atoms with Crippen molar-refractivity contribution in [3.05, 3.63) is 62.8 Å². The molecule has 0 aliphatic carbocycles. The Balaban J connectivity index is 1.92. The zero-order valence-electron chi connectivity index (χ0n) is 14.1. The first-order valence-electron chi connectivity index (χ1n) is 7.74. The van der Waals surface area contributed by atoms with Crippen LogP contribution >= 0.6 is 34.8 Å². The van der Waals surface area contributed by atoms with Crippen LogP contribution < -0.4 is 10.1 Å². The van der Waals surface area contributed by atoms with Crippen LogP contribution in [0.25, 0.3) is 11.3 Å². The highest BCUT2D eigenvalue weighted by atomic mass is 35.5. The molecule has 3 aromatic rings. The molecule has 0 atom stereocenters. The molecule has 0 saturated heterocycles. The van der Waals surface area contributed by atoms with Crippen molar-refractivity contribution in [2.24, 2.45) is 0 Å². The molecule has 0 fully saturated rings. The molecule has 28 heavy (non-hydrogen) atoms. The third kappa shape index (κ3) is 4.22. The van der Waals surface area contributed by atoms with Crippen LogP contribution in [0.4, 0.5) is 14.5 Å². The smallest absolute Gasteiger partial charge is 0.387 e. The molecule has 10 heteroatoms. The monoisotopic (exact) mass is 446 g/mol. The lowest BCUT2D eigenvalue weighted by molar-refractivity contribution is -0.0497. The van der Waals surface area contributed by atoms with Crippen molar-refractivity contribution in [3.63, 3.8) is 0 Å². The van der Waals surface area contributed by atoms with Gasteiger partial charge in [-0.1, -0.05) is 46.0 Å². The van der Waals surface area contributed by atoms with Crippen molar-refractivity contribution in [1.82, 2.24) is 5.16 Å². The summed E-state index contributed by atoms with van der Waals surface area (Å²) in [6.45, 7) is -1.46. The van der Waals surface area contributed by atoms with Gasteiger partial charge in [-0.3, -0.25) is 4.79 Å². The summed E-state index contributed by atoms with van der Waals surface area (Å²) in [5.74, 6) is -0.532. The lowest BCUT2D eigenvalue weighted by Crippen LogP contribution is -2.13. The van der Waals surface area contributed by atoms with E-state index in [0.29, 0.717) is 15.6 Å². The van der Waals surface area contributed by atoms with Crippen LogP contribution in [-0.2, 0) is 0 Å². The second kappa shape index (κ2) is 8.34. The van der Waals surface area contributed by atoms with Gasteiger partial charge in [0.2, 0.25) is 0 Å². The molecule has 3 rings (SSSR count). The van der Waals surface area contributed by atoms with Gasteiger partial charge in [0.1, 0.15) is 22.8 Å². The maximum absolute atomic E-state index is 12.8. The van der Waals surface area contributed by atoms with Gasteiger partial charge in [-0.25, -0.2) is 0 Å². The Bertz CT molecular complexity index is 1020. The van der Waals surface area contributed by atoms with Crippen LogP contribution in [0, 0.1) is 6.92 Å². The normalized spacial score (nSPS) is 11.0. The maximum Gasteiger partial charge on any atom is 0.387 e. The Morgan fingerprint density at radius 2 is 1.82 bits per heavy atom. The molecule has 0 aliphatic rings. The molecule has 1 aromatic heterocycles. The van der Waals surface area contributed by atoms with E-state index < -0.39 is 12.5 Å². The van der Waals surface area contributed by atoms with Crippen LogP contribution in [0.15, 0.2) is 40.9 Å². The Hall–Kier alpha value is -2.35. The number of halogens is 5. The van der Waals surface area contributed by atoms with Crippen LogP contribution in [0.5, 0.6) is 5.75 Å². The fourth-order valence-corrected chi connectivity index (χ4v) is 3.30. The molecule has 1 amide bonds. The third-order valence-electron chi connectivity index (χ3n) is 3.70. The molecule has 0 saturated carbocycles. The molecule has 2 aromatic carbocycles. The summed E-state index contributed by atoms with van der Waals surface area (Å²) in [6, 6.07) is 8.74. The van der Waals surface area contributed by atoms with E-state index in [-0.39, 0.29) is 33.5 Å². The second-order valence-electron chi connectivity index (χ2n) is 5.54. The number of benzene rings is 2. The Morgan fingerprint density at radius 3 is 2.43 bits per heavy atom. The van der Waals surface area contributed by atoms with E-state index in [2.05, 4.69) is 15.2 Å². The number of anilines is 1. The second-order valence-corrected chi connectivity index (χ2v) is 6.76. The molecular weight excluding hydrogens is 437 g/mol. The summed E-state index contributed by atoms with van der Waals surface area (Å²) in [4.78, 5) is 12.8. The van der Waals surface area contributed by atoms with Gasteiger partial charge >= 0.3 is 6.61 Å². The summed E-state index contributed by atoms with van der Waals surface area (Å²) in [6.07, 6.45) is 0. The molecule has 146 valence electrons. The predicted octanol–water partition coefficient (Wildman–Crippen LogP) is 6.46. The minimum absolute atomic E-state index is 0.0884. The van der Waals surface area contributed by atoms with E-state index in [4.69, 9.17) is 39.3 Å². The summed E-state index contributed by atoms with van der Waals surface area (Å²) in [7, 11) is 0. The third-order valence-corrected chi connectivity index (χ3v) is 4.62. The van der Waals surface area contributed by atoms with E-state index >= 15 is 0 Å². The van der Waals surface area contributed by atoms with Gasteiger partial charge in [-0.15, -0.1) is 0 Å². The number of alkyl halides is 2. The van der Waals surface area contributed by atoms with Crippen LogP contribution in [0.2, 0.25) is 15.1 Å². The molecule has 0 bridgehead atoms. The fourth-order valence-electron chi connectivity index (χ4n) is 2.50. The van der Waals surface area contributed by atoms with E-state index in [1.54, 1.807) is 25.1 Å². The molecule has 0 radical (unpaired) electrons. The minimum atomic E-state index is -3.01. The first-order chi connectivity index (χ1) is 13.3. The number of rotatable bonds is 5. The van der Waals surface area contributed by atoms with Crippen LogP contribution in [-0.4, -0.2) is 17.7 Å². The number of carbonyl (C=O) groups is 1. The van der Waals surface area contributed by atoms with Gasteiger partial charge in [0.15, 0.2) is 0 Å². The van der Waals surface area contributed by atoms with Crippen molar-refractivity contribution in [2.45, 2.75) is 13.5 Å². The predicted molar refractivity (Wildman–Crippen MR) is 103 cm³/mol. The highest BCUT2D eigenvalue weighted by molar-refractivity contribution is 6.39. The van der Waals surface area contributed by atoms with Gasteiger partial charge in [-0.2, -0.15) is 8.78 Å². The maximum atomic E-state index is 12.8. The van der Waals surface area contributed by atoms with Gasteiger partial charge < -0.3 is 14.6 Å². The van der Waals surface area contributed by atoms with Crippen molar-refractivity contribution in [2.75, 3.05) is 5.32 Å². The zero-order valence-corrected chi connectivity index (χ0v) is 16.4. The zero-order chi connectivity index (χ0) is 20.4. The quantitative estimate of drug-likeness (QED) is 0.487. The number of nitrogens with one attached hydrogen (secondary N) is 1. The number of hydrogen-bond acceptors (Lipinski definition) is 4. The average Bonchev–Trinajstić information content (AvgIpc) is 2.98. The van der Waals surface area contributed by atoms with Crippen LogP contribution in [0.1, 0.15) is 16.1 Å². The highest BCUT2D eigenvalue weighted by Gasteiger charge is 2.25. The topological polar surface area (TPSA) is 64.4 Å². The van der Waals surface area contributed by atoms with E-state index in [1.165, 1.54) is 18.2 Å². The van der Waals surface area contributed by atoms with Gasteiger partial charge in [0.05, 0.1) is 15.1 Å². The Kier molecular flexibility index (Phi) is 6.07. The lowest BCUT2D eigenvalue weighted by atomic mass is 10.1. The Labute approximate surface area is 173 Å². The number of carbonyl (C=O) groups excluding carboxylic acids is 1. The number of hydrogen-bond donors (Lipinski definition) is 1. The van der Waals surface area contributed by atoms with Crippen LogP contribution in [0.3, 0.4) is 0 Å². The first-order valence-corrected chi connectivity index (χ1v) is 8.87.